The van der Waals surface area contributed by atoms with Gasteiger partial charge in [0.15, 0.2) is 0 Å². The highest BCUT2D eigenvalue weighted by molar-refractivity contribution is 5.85. The van der Waals surface area contributed by atoms with Crippen molar-refractivity contribution in [2.75, 3.05) is 19.7 Å². The molecule has 0 heterocycles. The molecule has 1 rings (SSSR count). The fourth-order valence-corrected chi connectivity index (χ4v) is 2.59. The molecular formula is C13H26N2O2. The van der Waals surface area contributed by atoms with Crippen molar-refractivity contribution in [2.45, 2.75) is 45.6 Å². The molecule has 1 aliphatic rings. The van der Waals surface area contributed by atoms with Crippen LogP contribution in [0.5, 0.6) is 0 Å². The molecule has 1 amide bonds. The average molecular weight is 242 g/mol. The Morgan fingerprint density at radius 3 is 2.59 bits per heavy atom. The Morgan fingerprint density at radius 2 is 2.00 bits per heavy atom. The number of rotatable bonds is 6. The number of aliphatic hydroxyl groups excluding tert-OH is 1. The second-order valence-electron chi connectivity index (χ2n) is 5.50. The van der Waals surface area contributed by atoms with E-state index in [1.807, 2.05) is 20.8 Å². The Labute approximate surface area is 104 Å². The van der Waals surface area contributed by atoms with E-state index in [0.717, 1.165) is 19.4 Å². The lowest BCUT2D eigenvalue weighted by Crippen LogP contribution is -2.53. The molecule has 0 radical (unpaired) electrons. The molecule has 4 nitrogen and oxygen atoms in total. The summed E-state index contributed by atoms with van der Waals surface area (Å²) in [6.45, 7) is 7.50. The van der Waals surface area contributed by atoms with E-state index in [2.05, 4.69) is 10.6 Å². The van der Waals surface area contributed by atoms with Crippen LogP contribution in [0.4, 0.5) is 0 Å². The summed E-state index contributed by atoms with van der Waals surface area (Å²) in [4.78, 5) is 12.0. The monoisotopic (exact) mass is 242 g/mol. The molecule has 1 aliphatic carbocycles. The van der Waals surface area contributed by atoms with Crippen LogP contribution in [0.25, 0.3) is 0 Å². The quantitative estimate of drug-likeness (QED) is 0.648. The molecule has 100 valence electrons. The minimum absolute atomic E-state index is 0.0444. The molecule has 0 saturated heterocycles. The number of nitrogens with one attached hydrogen (secondary N) is 2. The maximum atomic E-state index is 12.0. The van der Waals surface area contributed by atoms with E-state index in [9.17, 15) is 9.90 Å². The van der Waals surface area contributed by atoms with Gasteiger partial charge < -0.3 is 15.7 Å². The van der Waals surface area contributed by atoms with Gasteiger partial charge in [-0.2, -0.15) is 0 Å². The van der Waals surface area contributed by atoms with Gasteiger partial charge in [0, 0.05) is 13.2 Å². The zero-order chi connectivity index (χ0) is 12.9. The fraction of sp³-hybridized carbons (Fsp3) is 0.923. The number of amides is 1. The molecule has 17 heavy (non-hydrogen) atoms. The molecule has 0 bridgehead atoms. The third-order valence-electron chi connectivity index (χ3n) is 3.76. The van der Waals surface area contributed by atoms with Gasteiger partial charge in [-0.05, 0) is 45.1 Å². The Hall–Kier alpha value is -0.610. The van der Waals surface area contributed by atoms with Crippen molar-refractivity contribution in [1.82, 2.24) is 10.6 Å². The highest BCUT2D eigenvalue weighted by atomic mass is 16.3. The van der Waals surface area contributed by atoms with Crippen LogP contribution < -0.4 is 10.6 Å². The fourth-order valence-electron chi connectivity index (χ4n) is 2.59. The zero-order valence-electron chi connectivity index (χ0n) is 11.3. The summed E-state index contributed by atoms with van der Waals surface area (Å²) in [5.41, 5.74) is -0.512. The van der Waals surface area contributed by atoms with Crippen LogP contribution in [0.2, 0.25) is 0 Å². The third-order valence-corrected chi connectivity index (χ3v) is 3.76. The normalized spacial score (nSPS) is 24.9. The third kappa shape index (κ3) is 3.96. The highest BCUT2D eigenvalue weighted by Crippen LogP contribution is 2.30. The molecule has 1 saturated carbocycles. The smallest absolute Gasteiger partial charge is 0.239 e. The van der Waals surface area contributed by atoms with Gasteiger partial charge in [-0.15, -0.1) is 0 Å². The number of likely N-dealkylation sites (N-methyl/N-ethyl adjacent to an activating group) is 1. The van der Waals surface area contributed by atoms with Crippen molar-refractivity contribution in [3.8, 4) is 0 Å². The number of carbonyl (C=O) groups excluding carboxylic acids is 1. The van der Waals surface area contributed by atoms with Gasteiger partial charge in [0.1, 0.15) is 0 Å². The van der Waals surface area contributed by atoms with E-state index in [1.54, 1.807) is 0 Å². The SMILES string of the molecule is CCNC(C)(C)C(=O)NCC1CCCC1CO. The van der Waals surface area contributed by atoms with Crippen molar-refractivity contribution < 1.29 is 9.90 Å². The molecule has 2 unspecified atom stereocenters. The summed E-state index contributed by atoms with van der Waals surface area (Å²) in [5, 5.41) is 15.4. The number of hydrogen-bond acceptors (Lipinski definition) is 3. The molecule has 0 aromatic carbocycles. The molecule has 1 fully saturated rings. The molecule has 0 aromatic rings. The summed E-state index contributed by atoms with van der Waals surface area (Å²) in [7, 11) is 0. The Bertz CT molecular complexity index is 254. The molecule has 3 N–H and O–H groups in total. The summed E-state index contributed by atoms with van der Waals surface area (Å²) < 4.78 is 0. The van der Waals surface area contributed by atoms with Crippen molar-refractivity contribution in [1.29, 1.82) is 0 Å². The lowest BCUT2D eigenvalue weighted by molar-refractivity contribution is -0.126. The van der Waals surface area contributed by atoms with Crippen LogP contribution in [0, 0.1) is 11.8 Å². The van der Waals surface area contributed by atoms with Crippen LogP contribution >= 0.6 is 0 Å². The predicted molar refractivity (Wildman–Crippen MR) is 68.7 cm³/mol. The maximum absolute atomic E-state index is 12.0. The lowest BCUT2D eigenvalue weighted by Gasteiger charge is -2.26. The topological polar surface area (TPSA) is 61.4 Å². The van der Waals surface area contributed by atoms with E-state index in [1.165, 1.54) is 6.42 Å². The number of aliphatic hydroxyl groups is 1. The molecule has 0 aromatic heterocycles. The lowest BCUT2D eigenvalue weighted by atomic mass is 9.96. The van der Waals surface area contributed by atoms with Gasteiger partial charge in [0.05, 0.1) is 5.54 Å². The van der Waals surface area contributed by atoms with E-state index < -0.39 is 5.54 Å². The summed E-state index contributed by atoms with van der Waals surface area (Å²) >= 11 is 0. The van der Waals surface area contributed by atoms with E-state index in [4.69, 9.17) is 0 Å². The summed E-state index contributed by atoms with van der Waals surface area (Å²) in [5.74, 6) is 0.863. The second-order valence-corrected chi connectivity index (χ2v) is 5.50. The van der Waals surface area contributed by atoms with Crippen LogP contribution in [0.15, 0.2) is 0 Å². The van der Waals surface area contributed by atoms with Gasteiger partial charge in [-0.3, -0.25) is 4.79 Å². The first kappa shape index (κ1) is 14.5. The van der Waals surface area contributed by atoms with Gasteiger partial charge in [0.2, 0.25) is 5.91 Å². The Balaban J connectivity index is 2.37. The van der Waals surface area contributed by atoms with Gasteiger partial charge in [-0.1, -0.05) is 13.3 Å². The van der Waals surface area contributed by atoms with Crippen molar-refractivity contribution >= 4 is 5.91 Å². The van der Waals surface area contributed by atoms with Gasteiger partial charge >= 0.3 is 0 Å². The van der Waals surface area contributed by atoms with Crippen LogP contribution in [0.3, 0.4) is 0 Å². The van der Waals surface area contributed by atoms with Crippen LogP contribution in [-0.2, 0) is 4.79 Å². The van der Waals surface area contributed by atoms with Crippen LogP contribution in [0.1, 0.15) is 40.0 Å². The summed E-state index contributed by atoms with van der Waals surface area (Å²) in [6.07, 6.45) is 3.38. The minimum Gasteiger partial charge on any atom is -0.396 e. The average Bonchev–Trinajstić information content (AvgIpc) is 2.72. The largest absolute Gasteiger partial charge is 0.396 e. The maximum Gasteiger partial charge on any atom is 0.239 e. The van der Waals surface area contributed by atoms with E-state index >= 15 is 0 Å². The number of hydrogen-bond donors (Lipinski definition) is 3. The summed E-state index contributed by atoms with van der Waals surface area (Å²) in [6, 6.07) is 0. The predicted octanol–water partition coefficient (Wildman–Crippen LogP) is 0.899. The molecule has 0 spiro atoms. The van der Waals surface area contributed by atoms with Crippen molar-refractivity contribution in [2.24, 2.45) is 11.8 Å². The van der Waals surface area contributed by atoms with Crippen molar-refractivity contribution in [3.05, 3.63) is 0 Å². The Kier molecular flexibility index (Phi) is 5.40. The van der Waals surface area contributed by atoms with E-state index in [0.29, 0.717) is 18.4 Å². The standard InChI is InChI=1S/C13H26N2O2/c1-4-15-13(2,3)12(17)14-8-10-6-5-7-11(10)9-16/h10-11,15-16H,4-9H2,1-3H3,(H,14,17). The molecule has 2 atom stereocenters. The van der Waals surface area contributed by atoms with Gasteiger partial charge in [0.25, 0.3) is 0 Å². The Morgan fingerprint density at radius 1 is 1.35 bits per heavy atom. The second kappa shape index (κ2) is 6.36. The van der Waals surface area contributed by atoms with Crippen LogP contribution in [-0.4, -0.2) is 36.2 Å². The molecule has 4 heteroatoms. The minimum atomic E-state index is -0.512. The molecular weight excluding hydrogens is 216 g/mol. The first-order chi connectivity index (χ1) is 8.01. The highest BCUT2D eigenvalue weighted by Gasteiger charge is 2.30. The van der Waals surface area contributed by atoms with Gasteiger partial charge in [-0.25, -0.2) is 0 Å². The zero-order valence-corrected chi connectivity index (χ0v) is 11.3. The molecule has 0 aliphatic heterocycles. The first-order valence-electron chi connectivity index (χ1n) is 6.65. The van der Waals surface area contributed by atoms with Crippen molar-refractivity contribution in [3.63, 3.8) is 0 Å². The number of carbonyl (C=O) groups is 1. The van der Waals surface area contributed by atoms with E-state index in [-0.39, 0.29) is 12.5 Å². The first-order valence-corrected chi connectivity index (χ1v) is 6.65.